The van der Waals surface area contributed by atoms with Gasteiger partial charge in [0.15, 0.2) is 0 Å². The summed E-state index contributed by atoms with van der Waals surface area (Å²) < 4.78 is 0. The van der Waals surface area contributed by atoms with Crippen molar-refractivity contribution in [2.75, 3.05) is 25.0 Å². The third-order valence-corrected chi connectivity index (χ3v) is 5.27. The molecule has 0 spiro atoms. The zero-order valence-electron chi connectivity index (χ0n) is 18.5. The van der Waals surface area contributed by atoms with Crippen molar-refractivity contribution in [3.8, 4) is 0 Å². The summed E-state index contributed by atoms with van der Waals surface area (Å²) in [5.74, 6) is 0.485. The van der Waals surface area contributed by atoms with Gasteiger partial charge in [0.25, 0.3) is 5.91 Å². The summed E-state index contributed by atoms with van der Waals surface area (Å²) in [6.07, 6.45) is 4.90. The molecule has 1 atom stereocenters. The molecule has 0 aliphatic carbocycles. The van der Waals surface area contributed by atoms with Gasteiger partial charge in [-0.15, -0.1) is 0 Å². The van der Waals surface area contributed by atoms with Crippen LogP contribution in [0.4, 0.5) is 5.69 Å². The second kappa shape index (κ2) is 11.2. The summed E-state index contributed by atoms with van der Waals surface area (Å²) in [4.78, 5) is 44.2. The van der Waals surface area contributed by atoms with Crippen LogP contribution in [0.1, 0.15) is 49.9 Å². The second-order valence-corrected chi connectivity index (χ2v) is 7.76. The molecule has 2 aliphatic rings. The van der Waals surface area contributed by atoms with Crippen LogP contribution in [0.2, 0.25) is 0 Å². The number of nitrogens with one attached hydrogen (secondary N) is 4. The number of fused-ring (bicyclic) bond motifs is 1. The molecule has 170 valence electrons. The number of unbranched alkanes of at least 4 members (excludes halogenated alkanes) is 2. The lowest BCUT2D eigenvalue weighted by Gasteiger charge is -2.20. The maximum Gasteiger partial charge on any atom is 0.251 e. The zero-order chi connectivity index (χ0) is 22.9. The van der Waals surface area contributed by atoms with E-state index in [1.54, 1.807) is 25.3 Å². The molecular weight excluding hydrogens is 408 g/mol. The number of hydrogen-bond acceptors (Lipinski definition) is 6. The molecule has 1 aromatic rings. The van der Waals surface area contributed by atoms with Gasteiger partial charge in [0, 0.05) is 43.5 Å². The van der Waals surface area contributed by atoms with Crippen molar-refractivity contribution in [1.82, 2.24) is 16.0 Å². The van der Waals surface area contributed by atoms with Crippen molar-refractivity contribution in [3.05, 3.63) is 41.6 Å². The van der Waals surface area contributed by atoms with E-state index in [4.69, 9.17) is 0 Å². The lowest BCUT2D eigenvalue weighted by atomic mass is 9.98. The Morgan fingerprint density at radius 2 is 1.78 bits per heavy atom. The highest BCUT2D eigenvalue weighted by Gasteiger charge is 2.34. The number of carbonyl (C=O) groups excluding carboxylic acids is 3. The largest absolute Gasteiger partial charge is 0.381 e. The number of amidine groups is 2. The first-order valence-electron chi connectivity index (χ1n) is 11.0. The zero-order valence-corrected chi connectivity index (χ0v) is 18.5. The molecule has 0 bridgehead atoms. The lowest BCUT2D eigenvalue weighted by molar-refractivity contribution is -0.121. The van der Waals surface area contributed by atoms with Crippen LogP contribution < -0.4 is 21.3 Å². The third-order valence-electron chi connectivity index (χ3n) is 5.27. The molecule has 2 aliphatic heterocycles. The Morgan fingerprint density at radius 3 is 2.50 bits per heavy atom. The number of rotatable bonds is 11. The van der Waals surface area contributed by atoms with Gasteiger partial charge >= 0.3 is 0 Å². The average molecular weight is 439 g/mol. The molecule has 1 unspecified atom stereocenters. The highest BCUT2D eigenvalue weighted by molar-refractivity contribution is 6.19. The van der Waals surface area contributed by atoms with E-state index in [1.807, 2.05) is 19.1 Å². The summed E-state index contributed by atoms with van der Waals surface area (Å²) in [7, 11) is 0. The normalized spacial score (nSPS) is 16.9. The van der Waals surface area contributed by atoms with Crippen molar-refractivity contribution in [1.29, 1.82) is 0 Å². The molecule has 1 aromatic carbocycles. The topological polar surface area (TPSA) is 124 Å². The minimum absolute atomic E-state index is 0.0676. The highest BCUT2D eigenvalue weighted by atomic mass is 16.2. The molecule has 4 N–H and O–H groups in total. The van der Waals surface area contributed by atoms with Gasteiger partial charge in [0.1, 0.15) is 17.6 Å². The highest BCUT2D eigenvalue weighted by Crippen LogP contribution is 2.24. The van der Waals surface area contributed by atoms with Gasteiger partial charge in [-0.25, -0.2) is 9.98 Å². The van der Waals surface area contributed by atoms with Gasteiger partial charge in [-0.05, 0) is 56.0 Å². The molecule has 0 aromatic heterocycles. The van der Waals surface area contributed by atoms with Crippen molar-refractivity contribution >= 4 is 35.1 Å². The predicted molar refractivity (Wildman–Crippen MR) is 125 cm³/mol. The molecule has 0 saturated carbocycles. The Labute approximate surface area is 187 Å². The first-order chi connectivity index (χ1) is 15.5. The average Bonchev–Trinajstić information content (AvgIpc) is 3.20. The Balaban J connectivity index is 1.37. The summed E-state index contributed by atoms with van der Waals surface area (Å²) in [5.41, 5.74) is 2.29. The van der Waals surface area contributed by atoms with Gasteiger partial charge < -0.3 is 21.3 Å². The molecule has 9 nitrogen and oxygen atoms in total. The van der Waals surface area contributed by atoms with E-state index >= 15 is 0 Å². The SMILES string of the molecule is CCC(=O)NCCCCCNC(=O)c1ccc(NCC2=CN=C3N=C(C)NC(=O)C23)cc1. The van der Waals surface area contributed by atoms with Crippen molar-refractivity contribution < 1.29 is 14.4 Å². The van der Waals surface area contributed by atoms with Gasteiger partial charge in [0.2, 0.25) is 11.8 Å². The number of carbonyl (C=O) groups is 3. The predicted octanol–water partition coefficient (Wildman–Crippen LogP) is 1.99. The van der Waals surface area contributed by atoms with Crippen LogP contribution >= 0.6 is 0 Å². The first-order valence-corrected chi connectivity index (χ1v) is 11.0. The van der Waals surface area contributed by atoms with Crippen LogP contribution in [-0.4, -0.2) is 49.0 Å². The molecule has 2 heterocycles. The van der Waals surface area contributed by atoms with E-state index in [0.717, 1.165) is 30.5 Å². The van der Waals surface area contributed by atoms with E-state index in [0.29, 0.717) is 43.3 Å². The Morgan fingerprint density at radius 1 is 1.06 bits per heavy atom. The quantitative estimate of drug-likeness (QED) is 0.394. The number of hydrogen-bond donors (Lipinski definition) is 4. The molecule has 3 rings (SSSR count). The molecule has 9 heteroatoms. The third kappa shape index (κ3) is 6.26. The smallest absolute Gasteiger partial charge is 0.251 e. The van der Waals surface area contributed by atoms with E-state index in [-0.39, 0.29) is 17.7 Å². The van der Waals surface area contributed by atoms with E-state index in [9.17, 15) is 14.4 Å². The van der Waals surface area contributed by atoms with Gasteiger partial charge in [-0.2, -0.15) is 0 Å². The molecule has 0 radical (unpaired) electrons. The maximum atomic E-state index is 12.3. The fraction of sp³-hybridized carbons (Fsp3) is 0.435. The van der Waals surface area contributed by atoms with E-state index in [1.165, 1.54) is 0 Å². The number of anilines is 1. The van der Waals surface area contributed by atoms with Crippen molar-refractivity contribution in [2.45, 2.75) is 39.5 Å². The van der Waals surface area contributed by atoms with Crippen LogP contribution in [0.3, 0.4) is 0 Å². The van der Waals surface area contributed by atoms with Crippen LogP contribution in [0.25, 0.3) is 0 Å². The molecule has 32 heavy (non-hydrogen) atoms. The van der Waals surface area contributed by atoms with Gasteiger partial charge in [-0.1, -0.05) is 6.92 Å². The van der Waals surface area contributed by atoms with E-state index < -0.39 is 5.92 Å². The molecule has 3 amide bonds. The number of amides is 3. The minimum atomic E-state index is -0.445. The standard InChI is InChI=1S/C23H30N6O3/c1-3-19(30)24-11-5-4-6-12-25-22(31)16-7-9-18(10-8-16)26-13-17-14-27-21-20(17)23(32)29-15(2)28-21/h7-10,14,20,26H,3-6,11-13H2,1-2H3,(H,24,30)(H,25,31)(H,27,28,29,32). The maximum absolute atomic E-state index is 12.3. The summed E-state index contributed by atoms with van der Waals surface area (Å²) in [6, 6.07) is 7.21. The van der Waals surface area contributed by atoms with Crippen LogP contribution in [0.5, 0.6) is 0 Å². The number of aliphatic imine (C=N–C) groups is 2. The second-order valence-electron chi connectivity index (χ2n) is 7.76. The Bertz CT molecular complexity index is 949. The fourth-order valence-electron chi connectivity index (χ4n) is 3.47. The van der Waals surface area contributed by atoms with Gasteiger partial charge in [0.05, 0.1) is 0 Å². The van der Waals surface area contributed by atoms with Gasteiger partial charge in [-0.3, -0.25) is 14.4 Å². The van der Waals surface area contributed by atoms with Crippen molar-refractivity contribution in [3.63, 3.8) is 0 Å². The summed E-state index contributed by atoms with van der Waals surface area (Å²) >= 11 is 0. The Hall–Kier alpha value is -3.49. The fourth-order valence-corrected chi connectivity index (χ4v) is 3.47. The van der Waals surface area contributed by atoms with Crippen LogP contribution in [0.15, 0.2) is 46.0 Å². The summed E-state index contributed by atoms with van der Waals surface area (Å²) in [5, 5.41) is 11.8. The van der Waals surface area contributed by atoms with Crippen LogP contribution in [0, 0.1) is 5.92 Å². The molecular formula is C23H30N6O3. The summed E-state index contributed by atoms with van der Waals surface area (Å²) in [6.45, 7) is 5.31. The van der Waals surface area contributed by atoms with E-state index in [2.05, 4.69) is 31.3 Å². The monoisotopic (exact) mass is 438 g/mol. The lowest BCUT2D eigenvalue weighted by Crippen LogP contribution is -2.43. The Kier molecular flexibility index (Phi) is 8.13. The first kappa shape index (κ1) is 23.2. The number of benzene rings is 1. The number of nitrogens with zero attached hydrogens (tertiary/aromatic N) is 2. The molecule has 0 saturated heterocycles. The van der Waals surface area contributed by atoms with Crippen molar-refractivity contribution in [2.24, 2.45) is 15.9 Å². The molecule has 0 fully saturated rings. The van der Waals surface area contributed by atoms with Crippen LogP contribution in [-0.2, 0) is 9.59 Å². The minimum Gasteiger partial charge on any atom is -0.381 e.